The number of hydrogen-bond acceptors (Lipinski definition) is 7. The van der Waals surface area contributed by atoms with Crippen LogP contribution in [-0.4, -0.2) is 47.8 Å². The number of aromatic nitrogens is 3. The maximum absolute atomic E-state index is 13.6. The zero-order valence-electron chi connectivity index (χ0n) is 20.5. The fourth-order valence-electron chi connectivity index (χ4n) is 4.40. The average molecular weight is 525 g/mol. The molecule has 0 amide bonds. The Hall–Kier alpha value is -3.28. The van der Waals surface area contributed by atoms with Crippen LogP contribution in [0.5, 0.6) is 0 Å². The van der Waals surface area contributed by atoms with E-state index in [0.29, 0.717) is 13.1 Å². The molecular weight excluding hydrogens is 497 g/mol. The Balaban J connectivity index is 0.00000115. The van der Waals surface area contributed by atoms with Crippen LogP contribution in [0.3, 0.4) is 0 Å². The number of nitrogens with zero attached hydrogens (tertiary/aromatic N) is 4. The summed E-state index contributed by atoms with van der Waals surface area (Å²) >= 11 is 0. The van der Waals surface area contributed by atoms with E-state index in [0.717, 1.165) is 42.3 Å². The molecule has 0 radical (unpaired) electrons. The van der Waals surface area contributed by atoms with Crippen LogP contribution in [0, 0.1) is 5.92 Å². The highest BCUT2D eigenvalue weighted by molar-refractivity contribution is 7.90. The number of Topliss-reactive ketones (excluding diaryl/α,β-unsaturated/α-hetero) is 1. The Labute approximate surface area is 207 Å². The highest BCUT2D eigenvalue weighted by Crippen LogP contribution is 2.39. The summed E-state index contributed by atoms with van der Waals surface area (Å²) in [6, 6.07) is 6.48. The molecular formula is C24H27F3N4O4S. The minimum Gasteiger partial charge on any atom is -0.341 e. The van der Waals surface area contributed by atoms with Crippen molar-refractivity contribution in [3.63, 3.8) is 0 Å². The summed E-state index contributed by atoms with van der Waals surface area (Å²) in [7, 11) is -3.39. The van der Waals surface area contributed by atoms with Crippen LogP contribution in [0.2, 0.25) is 0 Å². The predicted molar refractivity (Wildman–Crippen MR) is 129 cm³/mol. The summed E-state index contributed by atoms with van der Waals surface area (Å²) in [4.78, 5) is 30.3. The molecule has 1 aromatic carbocycles. The topological polar surface area (TPSA) is 102 Å². The molecule has 1 aliphatic rings. The maximum Gasteiger partial charge on any atom is 0.434 e. The smallest absolute Gasteiger partial charge is 0.341 e. The number of benzene rings is 1. The van der Waals surface area contributed by atoms with Crippen molar-refractivity contribution in [2.24, 2.45) is 5.92 Å². The third-order valence-electron chi connectivity index (χ3n) is 5.85. The molecule has 0 saturated heterocycles. The molecule has 1 aliphatic heterocycles. The van der Waals surface area contributed by atoms with E-state index in [1.54, 1.807) is 23.1 Å². The first-order valence-corrected chi connectivity index (χ1v) is 13.0. The molecule has 0 spiro atoms. The van der Waals surface area contributed by atoms with Gasteiger partial charge >= 0.3 is 6.18 Å². The van der Waals surface area contributed by atoms with E-state index in [-0.39, 0.29) is 22.8 Å². The Kier molecular flexibility index (Phi) is 7.58. The predicted octanol–water partition coefficient (Wildman–Crippen LogP) is 4.48. The number of rotatable bonds is 4. The van der Waals surface area contributed by atoms with Crippen molar-refractivity contribution < 1.29 is 31.2 Å². The van der Waals surface area contributed by atoms with Crippen molar-refractivity contribution in [2.75, 3.05) is 17.7 Å². The number of anilines is 1. The van der Waals surface area contributed by atoms with Crippen LogP contribution in [-0.2, 0) is 27.4 Å². The van der Waals surface area contributed by atoms with Gasteiger partial charge in [0.25, 0.3) is 0 Å². The van der Waals surface area contributed by atoms with Crippen molar-refractivity contribution in [1.82, 2.24) is 14.5 Å². The number of carbonyl (C=O) groups is 2. The van der Waals surface area contributed by atoms with Crippen LogP contribution in [0.15, 0.2) is 35.4 Å². The first kappa shape index (κ1) is 27.3. The molecule has 0 N–H and O–H groups in total. The third kappa shape index (κ3) is 5.28. The highest BCUT2D eigenvalue weighted by Gasteiger charge is 2.39. The van der Waals surface area contributed by atoms with E-state index in [2.05, 4.69) is 9.97 Å². The normalized spacial score (nSPS) is 15.9. The van der Waals surface area contributed by atoms with Gasteiger partial charge in [-0.1, -0.05) is 19.9 Å². The number of hydrogen-bond donors (Lipinski definition) is 0. The number of halogens is 3. The number of alkyl halides is 3. The van der Waals surface area contributed by atoms with Gasteiger partial charge in [0.2, 0.25) is 5.95 Å². The van der Waals surface area contributed by atoms with E-state index in [1.807, 2.05) is 24.5 Å². The third-order valence-corrected chi connectivity index (χ3v) is 6.96. The van der Waals surface area contributed by atoms with E-state index in [4.69, 9.17) is 4.79 Å². The lowest BCUT2D eigenvalue weighted by Gasteiger charge is -2.39. The number of fused-ring (bicyclic) bond motifs is 3. The van der Waals surface area contributed by atoms with E-state index in [9.17, 15) is 26.4 Å². The zero-order chi connectivity index (χ0) is 27.0. The molecule has 194 valence electrons. The van der Waals surface area contributed by atoms with Crippen LogP contribution in [0.1, 0.15) is 55.5 Å². The molecule has 0 unspecified atom stereocenters. The molecule has 3 aromatic rings. The standard InChI is InChI=1S/C22H23F3N4O3S.C2H4O/c1-12(2)19-18-9-14-5-6-15(33(4,31)32)10-17(14)28(18)7-8-29(19)21-26-11-16(13(3)30)20(27-21)22(23,24)25;1-2-3/h5-6,9-12,19H,7-8H2,1-4H3;2H,1H3/t19-;/m1./s1. The van der Waals surface area contributed by atoms with Crippen molar-refractivity contribution in [3.8, 4) is 0 Å². The fourth-order valence-corrected chi connectivity index (χ4v) is 5.04. The summed E-state index contributed by atoms with van der Waals surface area (Å²) in [6.45, 7) is 7.12. The Bertz CT molecular complexity index is 1410. The average Bonchev–Trinajstić information content (AvgIpc) is 3.15. The highest BCUT2D eigenvalue weighted by atomic mass is 32.2. The molecule has 1 atom stereocenters. The first-order valence-electron chi connectivity index (χ1n) is 11.2. The second kappa shape index (κ2) is 10.00. The Morgan fingerprint density at radius 3 is 2.36 bits per heavy atom. The number of sulfone groups is 1. The van der Waals surface area contributed by atoms with Gasteiger partial charge in [0.05, 0.1) is 16.5 Å². The quantitative estimate of drug-likeness (QED) is 0.366. The minimum absolute atomic E-state index is 0.0202. The van der Waals surface area contributed by atoms with E-state index < -0.39 is 33.1 Å². The van der Waals surface area contributed by atoms with Crippen LogP contribution in [0.25, 0.3) is 10.9 Å². The van der Waals surface area contributed by atoms with Gasteiger partial charge in [-0.15, -0.1) is 0 Å². The molecule has 3 heterocycles. The van der Waals surface area contributed by atoms with Gasteiger partial charge in [0, 0.05) is 42.1 Å². The van der Waals surface area contributed by atoms with E-state index in [1.165, 1.54) is 6.92 Å². The SMILES string of the molecule is CC(=O)c1cnc(N2CCn3c(cc4ccc(S(C)(=O)=O)cc43)[C@H]2C(C)C)nc1C(F)(F)F.CC=O. The summed E-state index contributed by atoms with van der Waals surface area (Å²) in [5, 5.41) is 0.841. The summed E-state index contributed by atoms with van der Waals surface area (Å²) in [6.07, 6.45) is -1.96. The first-order chi connectivity index (χ1) is 16.7. The lowest BCUT2D eigenvalue weighted by molar-refractivity contribution is -0.141. The molecule has 8 nitrogen and oxygen atoms in total. The Morgan fingerprint density at radius 1 is 1.19 bits per heavy atom. The second-order valence-corrected chi connectivity index (χ2v) is 10.8. The van der Waals surface area contributed by atoms with Gasteiger partial charge in [-0.3, -0.25) is 4.79 Å². The van der Waals surface area contributed by atoms with Gasteiger partial charge in [-0.2, -0.15) is 13.2 Å². The fraction of sp³-hybridized carbons (Fsp3) is 0.417. The lowest BCUT2D eigenvalue weighted by atomic mass is 9.97. The summed E-state index contributed by atoms with van der Waals surface area (Å²) in [5.41, 5.74) is -0.218. The molecule has 0 bridgehead atoms. The van der Waals surface area contributed by atoms with Crippen molar-refractivity contribution in [2.45, 2.75) is 51.4 Å². The van der Waals surface area contributed by atoms with Crippen molar-refractivity contribution in [3.05, 3.63) is 47.4 Å². The van der Waals surface area contributed by atoms with Crippen LogP contribution in [0.4, 0.5) is 19.1 Å². The largest absolute Gasteiger partial charge is 0.434 e. The molecule has 4 rings (SSSR count). The van der Waals surface area contributed by atoms with Gasteiger partial charge in [0.1, 0.15) is 6.29 Å². The van der Waals surface area contributed by atoms with Gasteiger partial charge in [-0.05, 0) is 38.0 Å². The molecule has 36 heavy (non-hydrogen) atoms. The second-order valence-electron chi connectivity index (χ2n) is 8.82. The summed E-state index contributed by atoms with van der Waals surface area (Å²) < 4.78 is 66.9. The number of carbonyl (C=O) groups excluding carboxylic acids is 2. The van der Waals surface area contributed by atoms with Crippen molar-refractivity contribution in [1.29, 1.82) is 0 Å². The molecule has 0 fully saturated rings. The molecule has 0 saturated carbocycles. The number of aldehydes is 1. The minimum atomic E-state index is -4.79. The molecule has 0 aliphatic carbocycles. The van der Waals surface area contributed by atoms with E-state index >= 15 is 0 Å². The Morgan fingerprint density at radius 2 is 1.83 bits per heavy atom. The van der Waals surface area contributed by atoms with Crippen LogP contribution < -0.4 is 4.90 Å². The van der Waals surface area contributed by atoms with Crippen molar-refractivity contribution >= 4 is 38.8 Å². The van der Waals surface area contributed by atoms with Crippen LogP contribution >= 0.6 is 0 Å². The molecule has 12 heteroatoms. The molecule has 2 aromatic heterocycles. The maximum atomic E-state index is 13.6. The van der Waals surface area contributed by atoms with Gasteiger partial charge in [-0.25, -0.2) is 18.4 Å². The summed E-state index contributed by atoms with van der Waals surface area (Å²) in [5.74, 6) is -0.873. The zero-order valence-corrected chi connectivity index (χ0v) is 21.3. The monoisotopic (exact) mass is 524 g/mol. The number of ketones is 1. The van der Waals surface area contributed by atoms with Gasteiger partial charge < -0.3 is 14.3 Å². The lowest BCUT2D eigenvalue weighted by Crippen LogP contribution is -2.41. The van der Waals surface area contributed by atoms with Gasteiger partial charge in [0.15, 0.2) is 21.3 Å².